The Bertz CT molecular complexity index is 680. The molecule has 2 rings (SSSR count). The zero-order valence-electron chi connectivity index (χ0n) is 11.1. The van der Waals surface area contributed by atoms with Gasteiger partial charge in [0.25, 0.3) is 5.69 Å². The summed E-state index contributed by atoms with van der Waals surface area (Å²) < 4.78 is 5.48. The van der Waals surface area contributed by atoms with Crippen molar-refractivity contribution in [3.05, 3.63) is 58.8 Å². The Morgan fingerprint density at radius 2 is 2.29 bits per heavy atom. The third kappa shape index (κ3) is 3.46. The predicted molar refractivity (Wildman–Crippen MR) is 80.5 cm³/mol. The van der Waals surface area contributed by atoms with Crippen molar-refractivity contribution in [2.45, 2.75) is 0 Å². The van der Waals surface area contributed by atoms with E-state index in [-0.39, 0.29) is 16.9 Å². The van der Waals surface area contributed by atoms with Crippen molar-refractivity contribution in [1.82, 2.24) is 5.01 Å². The molecule has 0 saturated carbocycles. The monoisotopic (exact) mass is 306 g/mol. The molecule has 0 bridgehead atoms. The van der Waals surface area contributed by atoms with E-state index in [1.807, 2.05) is 0 Å². The summed E-state index contributed by atoms with van der Waals surface area (Å²) in [6.07, 6.45) is 3.23. The molecule has 0 spiro atoms. The molecule has 1 aromatic carbocycles. The molecule has 8 heteroatoms. The number of nitrogens with zero attached hydrogens (tertiary/aromatic N) is 4. The SMILES string of the molecule is C=C1C=CC(Oc2cccc([N+](=O)[O-])c2)=NN1C(Cl)=NC. The summed E-state index contributed by atoms with van der Waals surface area (Å²) in [6.45, 7) is 3.77. The Morgan fingerprint density at radius 1 is 1.52 bits per heavy atom. The van der Waals surface area contributed by atoms with Crippen LogP contribution in [0, 0.1) is 10.1 Å². The highest BCUT2D eigenvalue weighted by Crippen LogP contribution is 2.21. The molecule has 0 unspecified atom stereocenters. The zero-order chi connectivity index (χ0) is 15.4. The summed E-state index contributed by atoms with van der Waals surface area (Å²) in [5, 5.41) is 16.3. The maximum Gasteiger partial charge on any atom is 0.273 e. The number of non-ortho nitro benzene ring substituents is 1. The molecule has 108 valence electrons. The number of hydrazone groups is 1. The first-order chi connectivity index (χ1) is 10.0. The van der Waals surface area contributed by atoms with Crippen molar-refractivity contribution in [3.8, 4) is 5.75 Å². The Hall–Kier alpha value is -2.67. The van der Waals surface area contributed by atoms with Crippen LogP contribution < -0.4 is 4.74 Å². The smallest absolute Gasteiger partial charge is 0.273 e. The van der Waals surface area contributed by atoms with Crippen molar-refractivity contribution >= 4 is 28.5 Å². The first kappa shape index (κ1) is 14.7. The minimum Gasteiger partial charge on any atom is -0.437 e. The number of hydrogen-bond acceptors (Lipinski definition) is 5. The Labute approximate surface area is 125 Å². The van der Waals surface area contributed by atoms with Gasteiger partial charge in [-0.3, -0.25) is 15.1 Å². The van der Waals surface area contributed by atoms with Crippen LogP contribution in [0.5, 0.6) is 5.75 Å². The Kier molecular flexibility index (Phi) is 4.34. The normalized spacial score (nSPS) is 15.0. The van der Waals surface area contributed by atoms with Gasteiger partial charge in [0.2, 0.25) is 11.2 Å². The van der Waals surface area contributed by atoms with E-state index in [1.54, 1.807) is 18.2 Å². The summed E-state index contributed by atoms with van der Waals surface area (Å²) in [5.74, 6) is 0.509. The quantitative estimate of drug-likeness (QED) is 0.277. The molecule has 0 amide bonds. The molecule has 0 fully saturated rings. The molecule has 7 nitrogen and oxygen atoms in total. The number of aliphatic imine (C=N–C) groups is 1. The fourth-order valence-electron chi connectivity index (χ4n) is 1.52. The second kappa shape index (κ2) is 6.19. The van der Waals surface area contributed by atoms with Crippen molar-refractivity contribution in [1.29, 1.82) is 0 Å². The van der Waals surface area contributed by atoms with Gasteiger partial charge in [-0.05, 0) is 23.7 Å². The zero-order valence-corrected chi connectivity index (χ0v) is 11.8. The number of ether oxygens (including phenoxy) is 1. The maximum atomic E-state index is 10.7. The van der Waals surface area contributed by atoms with Crippen LogP contribution in [0.3, 0.4) is 0 Å². The summed E-state index contributed by atoms with van der Waals surface area (Å²) in [5.41, 5.74) is 0.458. The number of benzene rings is 1. The molecule has 1 aliphatic rings. The lowest BCUT2D eigenvalue weighted by molar-refractivity contribution is -0.384. The molecule has 0 aliphatic carbocycles. The molecule has 1 heterocycles. The highest BCUT2D eigenvalue weighted by Gasteiger charge is 2.16. The topological polar surface area (TPSA) is 80.3 Å². The number of amidine groups is 1. The number of nitro groups is 1. The van der Waals surface area contributed by atoms with Crippen LogP contribution >= 0.6 is 11.6 Å². The second-order valence-corrected chi connectivity index (χ2v) is 4.26. The highest BCUT2D eigenvalue weighted by atomic mass is 35.5. The second-order valence-electron chi connectivity index (χ2n) is 3.92. The first-order valence-electron chi connectivity index (χ1n) is 5.81. The molecular weight excluding hydrogens is 296 g/mol. The summed E-state index contributed by atoms with van der Waals surface area (Å²) in [7, 11) is 1.52. The van der Waals surface area contributed by atoms with Gasteiger partial charge in [-0.2, -0.15) is 0 Å². The lowest BCUT2D eigenvalue weighted by atomic mass is 10.3. The molecule has 0 atom stereocenters. The molecular formula is C13H11ClN4O3. The van der Waals surface area contributed by atoms with E-state index in [1.165, 1.54) is 30.3 Å². The molecule has 0 saturated heterocycles. The van der Waals surface area contributed by atoms with E-state index in [0.29, 0.717) is 11.4 Å². The van der Waals surface area contributed by atoms with Crippen molar-refractivity contribution in [3.63, 3.8) is 0 Å². The van der Waals surface area contributed by atoms with E-state index < -0.39 is 4.92 Å². The number of allylic oxidation sites excluding steroid dienone is 1. The lowest BCUT2D eigenvalue weighted by Crippen LogP contribution is -2.25. The van der Waals surface area contributed by atoms with Crippen LogP contribution in [0.15, 0.2) is 58.8 Å². The molecule has 0 aromatic heterocycles. The number of halogens is 1. The molecule has 0 radical (unpaired) electrons. The average molecular weight is 307 g/mol. The summed E-state index contributed by atoms with van der Waals surface area (Å²) in [6, 6.07) is 5.80. The third-order valence-electron chi connectivity index (χ3n) is 2.50. The molecule has 1 aliphatic heterocycles. The van der Waals surface area contributed by atoms with Crippen LogP contribution in [0.2, 0.25) is 0 Å². The van der Waals surface area contributed by atoms with Gasteiger partial charge in [0.05, 0.1) is 16.7 Å². The minimum atomic E-state index is -0.500. The van der Waals surface area contributed by atoms with Gasteiger partial charge in [0.15, 0.2) is 0 Å². The summed E-state index contributed by atoms with van der Waals surface area (Å²) in [4.78, 5) is 14.0. The molecule has 21 heavy (non-hydrogen) atoms. The van der Waals surface area contributed by atoms with E-state index in [2.05, 4.69) is 16.7 Å². The predicted octanol–water partition coefficient (Wildman–Crippen LogP) is 2.90. The number of hydrogen-bond donors (Lipinski definition) is 0. The fourth-order valence-corrected chi connectivity index (χ4v) is 1.67. The third-order valence-corrected chi connectivity index (χ3v) is 2.83. The van der Waals surface area contributed by atoms with Gasteiger partial charge >= 0.3 is 0 Å². The van der Waals surface area contributed by atoms with Gasteiger partial charge in [0, 0.05) is 19.2 Å². The van der Waals surface area contributed by atoms with Crippen LogP contribution in [-0.4, -0.2) is 28.2 Å². The minimum absolute atomic E-state index is 0.0673. The van der Waals surface area contributed by atoms with Gasteiger partial charge in [-0.15, -0.1) is 5.10 Å². The maximum absolute atomic E-state index is 10.7. The van der Waals surface area contributed by atoms with Gasteiger partial charge in [0.1, 0.15) is 5.75 Å². The largest absolute Gasteiger partial charge is 0.437 e. The van der Waals surface area contributed by atoms with Crippen molar-refractivity contribution in [2.75, 3.05) is 7.05 Å². The average Bonchev–Trinajstić information content (AvgIpc) is 2.48. The van der Waals surface area contributed by atoms with Gasteiger partial charge < -0.3 is 4.74 Å². The van der Waals surface area contributed by atoms with E-state index in [4.69, 9.17) is 16.3 Å². The van der Waals surface area contributed by atoms with Crippen LogP contribution in [0.25, 0.3) is 0 Å². The lowest BCUT2D eigenvalue weighted by Gasteiger charge is -2.20. The van der Waals surface area contributed by atoms with Crippen molar-refractivity contribution in [2.24, 2.45) is 10.1 Å². The van der Waals surface area contributed by atoms with Gasteiger partial charge in [-0.25, -0.2) is 5.01 Å². The highest BCUT2D eigenvalue weighted by molar-refractivity contribution is 6.64. The first-order valence-corrected chi connectivity index (χ1v) is 6.19. The number of nitro benzene ring substituents is 1. The fraction of sp³-hybridized carbons (Fsp3) is 0.0769. The van der Waals surface area contributed by atoms with E-state index >= 15 is 0 Å². The van der Waals surface area contributed by atoms with E-state index in [0.717, 1.165) is 0 Å². The molecule has 1 aromatic rings. The van der Waals surface area contributed by atoms with Crippen molar-refractivity contribution < 1.29 is 9.66 Å². The summed E-state index contributed by atoms with van der Waals surface area (Å²) >= 11 is 5.90. The standard InChI is InChI=1S/C13H11ClN4O3/c1-9-6-7-12(16-17(9)13(14)15-2)21-11-5-3-4-10(8-11)18(19)20/h3-8H,1H2,2H3. The Balaban J connectivity index is 2.23. The van der Waals surface area contributed by atoms with Gasteiger partial charge in [-0.1, -0.05) is 12.6 Å². The van der Waals surface area contributed by atoms with Crippen LogP contribution in [-0.2, 0) is 0 Å². The van der Waals surface area contributed by atoms with Crippen LogP contribution in [0.4, 0.5) is 5.69 Å². The van der Waals surface area contributed by atoms with E-state index in [9.17, 15) is 10.1 Å². The number of rotatable bonds is 2. The molecule has 0 N–H and O–H groups in total. The van der Waals surface area contributed by atoms with Crippen LogP contribution in [0.1, 0.15) is 0 Å². The Morgan fingerprint density at radius 3 is 2.95 bits per heavy atom.